The Balaban J connectivity index is 1.53. The third-order valence-corrected chi connectivity index (χ3v) is 5.91. The first-order chi connectivity index (χ1) is 14.5. The molecule has 0 heterocycles. The molecular formula is C26H26N2O2. The van der Waals surface area contributed by atoms with Crippen molar-refractivity contribution in [3.05, 3.63) is 101 Å². The van der Waals surface area contributed by atoms with Crippen LogP contribution in [0.1, 0.15) is 34.2 Å². The van der Waals surface area contributed by atoms with Gasteiger partial charge in [0.2, 0.25) is 5.91 Å². The molecule has 0 saturated heterocycles. The van der Waals surface area contributed by atoms with E-state index < -0.39 is 0 Å². The van der Waals surface area contributed by atoms with Crippen molar-refractivity contribution in [2.24, 2.45) is 11.0 Å². The molecule has 1 amide bonds. The molecule has 3 aromatic carbocycles. The van der Waals surface area contributed by atoms with Crippen molar-refractivity contribution >= 4 is 12.1 Å². The molecule has 152 valence electrons. The molecule has 4 rings (SSSR count). The van der Waals surface area contributed by atoms with Crippen molar-refractivity contribution in [3.63, 3.8) is 0 Å². The van der Waals surface area contributed by atoms with Gasteiger partial charge in [-0.1, -0.05) is 59.7 Å². The van der Waals surface area contributed by atoms with Crippen LogP contribution < -0.4 is 10.2 Å². The van der Waals surface area contributed by atoms with E-state index in [1.165, 1.54) is 22.3 Å². The molecule has 4 nitrogen and oxygen atoms in total. The van der Waals surface area contributed by atoms with E-state index >= 15 is 0 Å². The number of amides is 1. The Labute approximate surface area is 177 Å². The Hall–Kier alpha value is -3.40. The van der Waals surface area contributed by atoms with E-state index in [0.29, 0.717) is 0 Å². The normalized spacial score (nSPS) is 17.0. The summed E-state index contributed by atoms with van der Waals surface area (Å²) in [4.78, 5) is 12.9. The highest BCUT2D eigenvalue weighted by atomic mass is 16.5. The number of hydrogen-bond acceptors (Lipinski definition) is 3. The number of carbonyl (C=O) groups is 1. The maximum atomic E-state index is 12.9. The van der Waals surface area contributed by atoms with Crippen molar-refractivity contribution in [1.29, 1.82) is 0 Å². The molecule has 1 aliphatic rings. The Morgan fingerprint density at radius 1 is 0.933 bits per heavy atom. The predicted molar refractivity (Wildman–Crippen MR) is 120 cm³/mol. The van der Waals surface area contributed by atoms with E-state index in [4.69, 9.17) is 4.74 Å². The molecule has 0 aromatic heterocycles. The Morgan fingerprint density at radius 2 is 1.47 bits per heavy atom. The fourth-order valence-electron chi connectivity index (χ4n) is 4.02. The zero-order valence-corrected chi connectivity index (χ0v) is 17.6. The lowest BCUT2D eigenvalue weighted by Crippen LogP contribution is -2.25. The number of ether oxygens (including phenoxy) is 1. The highest BCUT2D eigenvalue weighted by molar-refractivity contribution is 5.87. The summed E-state index contributed by atoms with van der Waals surface area (Å²) >= 11 is 0. The van der Waals surface area contributed by atoms with Crippen molar-refractivity contribution < 1.29 is 9.53 Å². The zero-order chi connectivity index (χ0) is 21.1. The van der Waals surface area contributed by atoms with Gasteiger partial charge in [-0.2, -0.15) is 5.10 Å². The largest absolute Gasteiger partial charge is 0.497 e. The minimum atomic E-state index is -0.291. The van der Waals surface area contributed by atoms with Crippen LogP contribution in [0, 0.1) is 19.8 Å². The average Bonchev–Trinajstić information content (AvgIpc) is 3.52. The molecule has 0 spiro atoms. The molecule has 30 heavy (non-hydrogen) atoms. The van der Waals surface area contributed by atoms with E-state index in [2.05, 4.69) is 72.9 Å². The van der Waals surface area contributed by atoms with Crippen LogP contribution in [0.25, 0.3) is 0 Å². The lowest BCUT2D eigenvalue weighted by atomic mass is 9.85. The van der Waals surface area contributed by atoms with Gasteiger partial charge in [0.1, 0.15) is 5.75 Å². The molecule has 0 bridgehead atoms. The number of benzene rings is 3. The van der Waals surface area contributed by atoms with Gasteiger partial charge in [0.25, 0.3) is 0 Å². The van der Waals surface area contributed by atoms with Gasteiger partial charge in [-0.15, -0.1) is 0 Å². The fraction of sp³-hybridized carbons (Fsp3) is 0.231. The first-order valence-corrected chi connectivity index (χ1v) is 10.1. The van der Waals surface area contributed by atoms with Crippen LogP contribution in [0.15, 0.2) is 77.9 Å². The van der Waals surface area contributed by atoms with Gasteiger partial charge >= 0.3 is 0 Å². The van der Waals surface area contributed by atoms with Crippen molar-refractivity contribution in [2.45, 2.75) is 25.7 Å². The van der Waals surface area contributed by atoms with Crippen molar-refractivity contribution in [2.75, 3.05) is 7.11 Å². The lowest BCUT2D eigenvalue weighted by Gasteiger charge is -2.19. The molecule has 1 aliphatic carbocycles. The summed E-state index contributed by atoms with van der Waals surface area (Å²) in [5.74, 6) is 0.590. The quantitative estimate of drug-likeness (QED) is 0.480. The Morgan fingerprint density at radius 3 is 1.97 bits per heavy atom. The third-order valence-electron chi connectivity index (χ3n) is 5.91. The lowest BCUT2D eigenvalue weighted by molar-refractivity contribution is -0.122. The van der Waals surface area contributed by atoms with Crippen LogP contribution in [0.3, 0.4) is 0 Å². The van der Waals surface area contributed by atoms with Gasteiger partial charge in [-0.25, -0.2) is 5.43 Å². The van der Waals surface area contributed by atoms with Gasteiger partial charge in [0, 0.05) is 5.41 Å². The van der Waals surface area contributed by atoms with E-state index in [1.807, 2.05) is 24.3 Å². The van der Waals surface area contributed by atoms with Crippen LogP contribution in [-0.2, 0) is 10.2 Å². The number of methoxy groups -OCH3 is 1. The molecule has 3 aromatic rings. The molecule has 0 radical (unpaired) electrons. The number of hydrogen-bond donors (Lipinski definition) is 1. The van der Waals surface area contributed by atoms with E-state index in [1.54, 1.807) is 13.3 Å². The molecule has 1 fully saturated rings. The van der Waals surface area contributed by atoms with Gasteiger partial charge in [0.05, 0.1) is 19.2 Å². The number of nitrogens with zero attached hydrogens (tertiary/aromatic N) is 1. The Bertz CT molecular complexity index is 1010. The highest BCUT2D eigenvalue weighted by Gasteiger charge is 2.60. The molecule has 4 heteroatoms. The fourth-order valence-corrected chi connectivity index (χ4v) is 4.02. The number of rotatable bonds is 6. The molecule has 1 atom stereocenters. The highest BCUT2D eigenvalue weighted by Crippen LogP contribution is 2.59. The number of aryl methyl sites for hydroxylation is 2. The maximum Gasteiger partial charge on any atom is 0.244 e. The van der Waals surface area contributed by atoms with Gasteiger partial charge in [-0.3, -0.25) is 4.79 Å². The molecule has 1 unspecified atom stereocenters. The SMILES string of the molecule is COc1ccc(C=NNC(=O)C2CC2(c2ccc(C)cc2)c2ccc(C)cc2)cc1. The first kappa shape index (κ1) is 19.9. The summed E-state index contributed by atoms with van der Waals surface area (Å²) in [6.45, 7) is 4.15. The maximum absolute atomic E-state index is 12.9. The summed E-state index contributed by atoms with van der Waals surface area (Å²) in [6.07, 6.45) is 2.43. The summed E-state index contributed by atoms with van der Waals surface area (Å²) in [5.41, 5.74) is 8.12. The Kier molecular flexibility index (Phi) is 5.40. The second kappa shape index (κ2) is 8.15. The van der Waals surface area contributed by atoms with E-state index in [0.717, 1.165) is 17.7 Å². The standard InChI is InChI=1S/C26H26N2O2/c1-18-4-10-21(11-5-18)26(22-12-6-19(2)7-13-22)16-24(26)25(29)28-27-17-20-8-14-23(30-3)15-9-20/h4-15,17,24H,16H2,1-3H3,(H,28,29). The number of hydrazone groups is 1. The summed E-state index contributed by atoms with van der Waals surface area (Å²) in [5, 5.41) is 4.17. The average molecular weight is 399 g/mol. The minimum Gasteiger partial charge on any atom is -0.497 e. The minimum absolute atomic E-state index is 0.0547. The second-order valence-corrected chi connectivity index (χ2v) is 7.97. The zero-order valence-electron chi connectivity index (χ0n) is 17.6. The monoisotopic (exact) mass is 398 g/mol. The summed E-state index contributed by atoms with van der Waals surface area (Å²) in [6, 6.07) is 24.5. The number of nitrogens with one attached hydrogen (secondary N) is 1. The van der Waals surface area contributed by atoms with Crippen LogP contribution >= 0.6 is 0 Å². The van der Waals surface area contributed by atoms with Crippen LogP contribution in [0.4, 0.5) is 0 Å². The summed E-state index contributed by atoms with van der Waals surface area (Å²) in [7, 11) is 1.63. The molecule has 0 aliphatic heterocycles. The molecule has 1 N–H and O–H groups in total. The van der Waals surface area contributed by atoms with Gasteiger partial charge < -0.3 is 4.74 Å². The predicted octanol–water partition coefficient (Wildman–Crippen LogP) is 4.77. The smallest absolute Gasteiger partial charge is 0.244 e. The number of carbonyl (C=O) groups excluding carboxylic acids is 1. The van der Waals surface area contributed by atoms with Crippen LogP contribution in [0.5, 0.6) is 5.75 Å². The molecule has 1 saturated carbocycles. The second-order valence-electron chi connectivity index (χ2n) is 7.97. The van der Waals surface area contributed by atoms with E-state index in [9.17, 15) is 4.79 Å². The summed E-state index contributed by atoms with van der Waals surface area (Å²) < 4.78 is 5.16. The van der Waals surface area contributed by atoms with E-state index in [-0.39, 0.29) is 17.2 Å². The van der Waals surface area contributed by atoms with Crippen LogP contribution in [-0.4, -0.2) is 19.2 Å². The first-order valence-electron chi connectivity index (χ1n) is 10.1. The van der Waals surface area contributed by atoms with Crippen molar-refractivity contribution in [3.8, 4) is 5.75 Å². The third kappa shape index (κ3) is 3.86. The van der Waals surface area contributed by atoms with Gasteiger partial charge in [0.15, 0.2) is 0 Å². The van der Waals surface area contributed by atoms with Crippen LogP contribution in [0.2, 0.25) is 0 Å². The topological polar surface area (TPSA) is 50.7 Å². The molecular weight excluding hydrogens is 372 g/mol. The van der Waals surface area contributed by atoms with Crippen molar-refractivity contribution in [1.82, 2.24) is 5.43 Å². The van der Waals surface area contributed by atoms with Gasteiger partial charge in [-0.05, 0) is 61.2 Å².